The van der Waals surface area contributed by atoms with E-state index in [0.717, 1.165) is 12.0 Å². The fraction of sp³-hybridized carbons (Fsp3) is 0.533. The molecule has 2 N–H and O–H groups in total. The Morgan fingerprint density at radius 1 is 1.30 bits per heavy atom. The lowest BCUT2D eigenvalue weighted by atomic mass is 10.1. The SMILES string of the molecule is CN=C(NC1CCS(=O)(=O)C1)NC1CC1c1ccccc1F.I. The van der Waals surface area contributed by atoms with E-state index in [9.17, 15) is 12.8 Å². The molecular formula is C15H21FIN3O2S. The van der Waals surface area contributed by atoms with E-state index in [2.05, 4.69) is 15.6 Å². The fourth-order valence-corrected chi connectivity index (χ4v) is 4.60. The molecule has 5 nitrogen and oxygen atoms in total. The maximum Gasteiger partial charge on any atom is 0.191 e. The molecule has 1 heterocycles. The Labute approximate surface area is 153 Å². The second kappa shape index (κ2) is 7.33. The van der Waals surface area contributed by atoms with Crippen LogP contribution in [-0.2, 0) is 9.84 Å². The van der Waals surface area contributed by atoms with Gasteiger partial charge in [0.1, 0.15) is 5.82 Å². The highest BCUT2D eigenvalue weighted by Gasteiger charge is 2.41. The summed E-state index contributed by atoms with van der Waals surface area (Å²) in [6.45, 7) is 0. The molecule has 0 bridgehead atoms. The number of benzene rings is 1. The molecule has 2 aliphatic rings. The maximum absolute atomic E-state index is 13.7. The molecular weight excluding hydrogens is 432 g/mol. The molecule has 23 heavy (non-hydrogen) atoms. The average molecular weight is 453 g/mol. The highest BCUT2D eigenvalue weighted by molar-refractivity contribution is 14.0. The van der Waals surface area contributed by atoms with Crippen molar-refractivity contribution in [1.82, 2.24) is 10.6 Å². The Morgan fingerprint density at radius 3 is 2.65 bits per heavy atom. The van der Waals surface area contributed by atoms with Crippen LogP contribution in [0.5, 0.6) is 0 Å². The van der Waals surface area contributed by atoms with Crippen LogP contribution in [0, 0.1) is 5.82 Å². The van der Waals surface area contributed by atoms with Crippen LogP contribution in [0.3, 0.4) is 0 Å². The third kappa shape index (κ3) is 4.56. The van der Waals surface area contributed by atoms with Gasteiger partial charge in [-0.05, 0) is 24.5 Å². The van der Waals surface area contributed by atoms with Crippen molar-refractivity contribution < 1.29 is 12.8 Å². The third-order valence-corrected chi connectivity index (χ3v) is 5.98. The van der Waals surface area contributed by atoms with Crippen LogP contribution in [0.15, 0.2) is 29.3 Å². The van der Waals surface area contributed by atoms with Gasteiger partial charge in [0.2, 0.25) is 0 Å². The molecule has 1 aliphatic carbocycles. The maximum atomic E-state index is 13.7. The van der Waals surface area contributed by atoms with Gasteiger partial charge in [0, 0.05) is 25.0 Å². The third-order valence-electron chi connectivity index (χ3n) is 4.21. The average Bonchev–Trinajstić information content (AvgIpc) is 3.14. The number of hydrogen-bond donors (Lipinski definition) is 2. The fourth-order valence-electron chi connectivity index (χ4n) is 2.92. The summed E-state index contributed by atoms with van der Waals surface area (Å²) in [5.74, 6) is 0.928. The molecule has 1 aliphatic heterocycles. The predicted octanol–water partition coefficient (Wildman–Crippen LogP) is 1.65. The Bertz CT molecular complexity index is 696. The topological polar surface area (TPSA) is 70.6 Å². The van der Waals surface area contributed by atoms with Gasteiger partial charge in [-0.3, -0.25) is 4.99 Å². The van der Waals surface area contributed by atoms with Gasteiger partial charge in [0.05, 0.1) is 11.5 Å². The monoisotopic (exact) mass is 453 g/mol. The van der Waals surface area contributed by atoms with Gasteiger partial charge in [-0.1, -0.05) is 18.2 Å². The summed E-state index contributed by atoms with van der Waals surface area (Å²) in [7, 11) is -1.26. The number of nitrogens with one attached hydrogen (secondary N) is 2. The second-order valence-corrected chi connectivity index (χ2v) is 8.16. The van der Waals surface area contributed by atoms with E-state index < -0.39 is 9.84 Å². The lowest BCUT2D eigenvalue weighted by molar-refractivity contribution is 0.598. The van der Waals surface area contributed by atoms with Crippen LogP contribution in [-0.4, -0.2) is 45.0 Å². The van der Waals surface area contributed by atoms with Crippen molar-refractivity contribution in [1.29, 1.82) is 0 Å². The van der Waals surface area contributed by atoms with Crippen molar-refractivity contribution in [2.24, 2.45) is 4.99 Å². The molecule has 1 aromatic rings. The van der Waals surface area contributed by atoms with E-state index in [1.807, 2.05) is 6.07 Å². The second-order valence-electron chi connectivity index (χ2n) is 5.93. The summed E-state index contributed by atoms with van der Waals surface area (Å²) in [5, 5.41) is 6.39. The number of nitrogens with zero attached hydrogens (tertiary/aromatic N) is 1. The molecule has 0 radical (unpaired) electrons. The van der Waals surface area contributed by atoms with E-state index in [1.54, 1.807) is 19.2 Å². The van der Waals surface area contributed by atoms with E-state index in [4.69, 9.17) is 0 Å². The number of sulfone groups is 1. The van der Waals surface area contributed by atoms with E-state index in [-0.39, 0.29) is 59.3 Å². The van der Waals surface area contributed by atoms with Crippen molar-refractivity contribution >= 4 is 39.8 Å². The summed E-state index contributed by atoms with van der Waals surface area (Å²) in [5.41, 5.74) is 0.721. The zero-order valence-corrected chi connectivity index (χ0v) is 16.0. The molecule has 0 aromatic heterocycles. The summed E-state index contributed by atoms with van der Waals surface area (Å²) < 4.78 is 36.7. The zero-order chi connectivity index (χ0) is 15.7. The minimum absolute atomic E-state index is 0. The summed E-state index contributed by atoms with van der Waals surface area (Å²) in [4.78, 5) is 4.14. The van der Waals surface area contributed by atoms with E-state index in [1.165, 1.54) is 6.07 Å². The van der Waals surface area contributed by atoms with Crippen molar-refractivity contribution in [2.45, 2.75) is 30.8 Å². The predicted molar refractivity (Wildman–Crippen MR) is 99.7 cm³/mol. The molecule has 1 aromatic carbocycles. The van der Waals surface area contributed by atoms with Crippen LogP contribution in [0.25, 0.3) is 0 Å². The van der Waals surface area contributed by atoms with Gasteiger partial charge in [-0.15, -0.1) is 24.0 Å². The molecule has 3 unspecified atom stereocenters. The Hall–Kier alpha value is -0.900. The largest absolute Gasteiger partial charge is 0.353 e. The van der Waals surface area contributed by atoms with Crippen LogP contribution in [0.4, 0.5) is 4.39 Å². The zero-order valence-electron chi connectivity index (χ0n) is 12.8. The first-order chi connectivity index (χ1) is 10.5. The molecule has 8 heteroatoms. The minimum atomic E-state index is -2.92. The van der Waals surface area contributed by atoms with Crippen LogP contribution < -0.4 is 10.6 Å². The molecule has 2 fully saturated rings. The smallest absolute Gasteiger partial charge is 0.191 e. The molecule has 3 atom stereocenters. The van der Waals surface area contributed by atoms with Crippen molar-refractivity contribution in [2.75, 3.05) is 18.6 Å². The van der Waals surface area contributed by atoms with Crippen molar-refractivity contribution in [3.05, 3.63) is 35.6 Å². The lowest BCUT2D eigenvalue weighted by Gasteiger charge is -2.16. The van der Waals surface area contributed by atoms with Gasteiger partial charge in [0.25, 0.3) is 0 Å². The Morgan fingerprint density at radius 2 is 2.04 bits per heavy atom. The van der Waals surface area contributed by atoms with Gasteiger partial charge < -0.3 is 10.6 Å². The van der Waals surface area contributed by atoms with Crippen LogP contribution in [0.1, 0.15) is 24.3 Å². The highest BCUT2D eigenvalue weighted by atomic mass is 127. The standard InChI is InChI=1S/C15H20FN3O2S.HI/c1-17-15(18-10-6-7-22(20,21)9-10)19-14-8-12(14)11-4-2-3-5-13(11)16;/h2-5,10,12,14H,6-9H2,1H3,(H2,17,18,19);1H. The van der Waals surface area contributed by atoms with E-state index >= 15 is 0 Å². The molecule has 0 spiro atoms. The number of halogens is 2. The quantitative estimate of drug-likeness (QED) is 0.415. The van der Waals surface area contributed by atoms with Crippen molar-refractivity contribution in [3.8, 4) is 0 Å². The number of rotatable bonds is 3. The number of hydrogen-bond acceptors (Lipinski definition) is 3. The molecule has 3 rings (SSSR count). The first-order valence-electron chi connectivity index (χ1n) is 7.43. The summed E-state index contributed by atoms with van der Waals surface area (Å²) in [6.07, 6.45) is 1.45. The Kier molecular flexibility index (Phi) is 5.88. The van der Waals surface area contributed by atoms with Gasteiger partial charge >= 0.3 is 0 Å². The summed E-state index contributed by atoms with van der Waals surface area (Å²) >= 11 is 0. The summed E-state index contributed by atoms with van der Waals surface area (Å²) in [6, 6.07) is 6.85. The Balaban J connectivity index is 0.00000192. The highest BCUT2D eigenvalue weighted by Crippen LogP contribution is 2.41. The van der Waals surface area contributed by atoms with Gasteiger partial charge in [-0.2, -0.15) is 0 Å². The van der Waals surface area contributed by atoms with Gasteiger partial charge in [-0.25, -0.2) is 12.8 Å². The number of aliphatic imine (C=N–C) groups is 1. The normalized spacial score (nSPS) is 28.8. The van der Waals surface area contributed by atoms with Crippen LogP contribution in [0.2, 0.25) is 0 Å². The minimum Gasteiger partial charge on any atom is -0.353 e. The van der Waals surface area contributed by atoms with Gasteiger partial charge in [0.15, 0.2) is 15.8 Å². The van der Waals surface area contributed by atoms with E-state index in [0.29, 0.717) is 12.4 Å². The lowest BCUT2D eigenvalue weighted by Crippen LogP contribution is -2.45. The molecule has 1 saturated heterocycles. The first kappa shape index (κ1) is 18.4. The molecule has 0 amide bonds. The number of guanidine groups is 1. The molecule has 1 saturated carbocycles. The van der Waals surface area contributed by atoms with Crippen LogP contribution >= 0.6 is 24.0 Å². The van der Waals surface area contributed by atoms with Crippen molar-refractivity contribution in [3.63, 3.8) is 0 Å². The molecule has 128 valence electrons. The first-order valence-corrected chi connectivity index (χ1v) is 9.25.